The van der Waals surface area contributed by atoms with E-state index in [0.29, 0.717) is 12.2 Å². The fourth-order valence-corrected chi connectivity index (χ4v) is 0.648. The van der Waals surface area contributed by atoms with Crippen LogP contribution in [0.15, 0.2) is 30.9 Å². The molecule has 1 heterocycles. The van der Waals surface area contributed by atoms with Crippen LogP contribution in [0.5, 0.6) is 0 Å². The highest BCUT2D eigenvalue weighted by Crippen LogP contribution is 1.94. The molecule has 1 aromatic rings. The molecule has 84 valence electrons. The fraction of sp³-hybridized carbons (Fsp3) is 0.455. The van der Waals surface area contributed by atoms with Gasteiger partial charge >= 0.3 is 5.97 Å². The number of carbonyl (C=O) groups is 1. The zero-order chi connectivity index (χ0) is 11.5. The largest absolute Gasteiger partial charge is 0.462 e. The molecule has 1 rings (SSSR count). The summed E-state index contributed by atoms with van der Waals surface area (Å²) in [7, 11) is 0. The van der Waals surface area contributed by atoms with Crippen molar-refractivity contribution in [2.75, 3.05) is 6.61 Å². The molecular formula is C11H18N2O2. The molecule has 0 aliphatic rings. The number of carbonyl (C=O) groups excluding carboxylic acids is 1. The van der Waals surface area contributed by atoms with Gasteiger partial charge in [0, 0.05) is 18.0 Å². The van der Waals surface area contributed by atoms with Gasteiger partial charge in [-0.1, -0.05) is 19.9 Å². The van der Waals surface area contributed by atoms with Crippen molar-refractivity contribution in [3.8, 4) is 0 Å². The molecule has 0 atom stereocenters. The molecule has 1 aromatic heterocycles. The Morgan fingerprint density at radius 3 is 2.67 bits per heavy atom. The molecule has 0 unspecified atom stereocenters. The predicted octanol–water partition coefficient (Wildman–Crippen LogP) is 2.32. The van der Waals surface area contributed by atoms with Gasteiger partial charge in [0.25, 0.3) is 0 Å². The number of rotatable bonds is 4. The first-order valence-electron chi connectivity index (χ1n) is 4.93. The van der Waals surface area contributed by atoms with Crippen molar-refractivity contribution < 1.29 is 9.53 Å². The van der Waals surface area contributed by atoms with Gasteiger partial charge in [-0.2, -0.15) is 0 Å². The molecule has 0 radical (unpaired) electrons. The Morgan fingerprint density at radius 2 is 2.33 bits per heavy atom. The van der Waals surface area contributed by atoms with Gasteiger partial charge < -0.3 is 9.72 Å². The predicted molar refractivity (Wildman–Crippen MR) is 59.3 cm³/mol. The Kier molecular flexibility index (Phi) is 8.05. The normalized spacial score (nSPS) is 8.67. The topological polar surface area (TPSA) is 55.0 Å². The molecule has 0 saturated carbocycles. The highest BCUT2D eigenvalue weighted by atomic mass is 16.5. The van der Waals surface area contributed by atoms with Crippen LogP contribution in [0, 0.1) is 0 Å². The maximum absolute atomic E-state index is 10.7. The fourth-order valence-electron chi connectivity index (χ4n) is 0.648. The number of hydrogen-bond donors (Lipinski definition) is 1. The second-order valence-electron chi connectivity index (χ2n) is 3.03. The molecule has 4 nitrogen and oxygen atoms in total. The number of nitrogens with zero attached hydrogens (tertiary/aromatic N) is 1. The van der Waals surface area contributed by atoms with Gasteiger partial charge in [-0.05, 0) is 13.3 Å². The summed E-state index contributed by atoms with van der Waals surface area (Å²) in [6, 6.07) is 0. The van der Waals surface area contributed by atoms with E-state index in [0.717, 1.165) is 12.8 Å². The molecule has 0 amide bonds. The molecular weight excluding hydrogens is 192 g/mol. The molecule has 0 fully saturated rings. The number of nitrogens with one attached hydrogen (secondary N) is 1. The number of esters is 1. The van der Waals surface area contributed by atoms with Gasteiger partial charge in [0.05, 0.1) is 12.9 Å². The van der Waals surface area contributed by atoms with Gasteiger partial charge in [-0.15, -0.1) is 0 Å². The molecule has 0 aromatic carbocycles. The van der Waals surface area contributed by atoms with E-state index in [-0.39, 0.29) is 5.97 Å². The number of unbranched alkanes of at least 4 members (excludes halogenated alkanes) is 1. The maximum Gasteiger partial charge on any atom is 0.333 e. The average molecular weight is 210 g/mol. The summed E-state index contributed by atoms with van der Waals surface area (Å²) in [6.07, 6.45) is 7.06. The smallest absolute Gasteiger partial charge is 0.333 e. The van der Waals surface area contributed by atoms with E-state index < -0.39 is 0 Å². The van der Waals surface area contributed by atoms with Crippen LogP contribution in [-0.4, -0.2) is 22.5 Å². The maximum atomic E-state index is 10.7. The number of imidazole rings is 1. The molecule has 0 aliphatic heterocycles. The van der Waals surface area contributed by atoms with E-state index in [1.807, 2.05) is 0 Å². The van der Waals surface area contributed by atoms with Crippen LogP contribution in [0.1, 0.15) is 26.7 Å². The van der Waals surface area contributed by atoms with Crippen molar-refractivity contribution in [2.45, 2.75) is 26.7 Å². The minimum atomic E-state index is -0.284. The van der Waals surface area contributed by atoms with Crippen molar-refractivity contribution in [2.24, 2.45) is 0 Å². The molecule has 0 bridgehead atoms. The third-order valence-corrected chi connectivity index (χ3v) is 1.49. The van der Waals surface area contributed by atoms with Crippen molar-refractivity contribution in [3.63, 3.8) is 0 Å². The minimum absolute atomic E-state index is 0.284. The SMILES string of the molecule is C=C(C)C(=O)OCCCC.c1c[nH]cn1. The quantitative estimate of drug-likeness (QED) is 0.471. The summed E-state index contributed by atoms with van der Waals surface area (Å²) in [4.78, 5) is 17.1. The first-order chi connectivity index (χ1) is 7.18. The van der Waals surface area contributed by atoms with Crippen LogP contribution < -0.4 is 0 Å². The monoisotopic (exact) mass is 210 g/mol. The standard InChI is InChI=1S/C8H14O2.C3H4N2/c1-4-5-6-10-8(9)7(2)3;1-2-5-3-4-1/h2,4-6H2,1,3H3;1-3H,(H,4,5). The first kappa shape index (κ1) is 13.4. The second kappa shape index (κ2) is 8.99. The lowest BCUT2D eigenvalue weighted by Crippen LogP contribution is -2.05. The van der Waals surface area contributed by atoms with Crippen LogP contribution in [0.2, 0.25) is 0 Å². The molecule has 4 heteroatoms. The van der Waals surface area contributed by atoms with Crippen LogP contribution in [0.4, 0.5) is 0 Å². The number of ether oxygens (including phenoxy) is 1. The van der Waals surface area contributed by atoms with Crippen molar-refractivity contribution in [1.29, 1.82) is 0 Å². The van der Waals surface area contributed by atoms with Crippen LogP contribution in [0.25, 0.3) is 0 Å². The number of hydrogen-bond acceptors (Lipinski definition) is 3. The highest BCUT2D eigenvalue weighted by molar-refractivity contribution is 5.86. The zero-order valence-electron chi connectivity index (χ0n) is 9.32. The Bertz CT molecular complexity index is 251. The van der Waals surface area contributed by atoms with Crippen molar-refractivity contribution in [1.82, 2.24) is 9.97 Å². The average Bonchev–Trinajstić information content (AvgIpc) is 2.75. The van der Waals surface area contributed by atoms with Crippen LogP contribution in [-0.2, 0) is 9.53 Å². The van der Waals surface area contributed by atoms with E-state index in [4.69, 9.17) is 4.74 Å². The Morgan fingerprint density at radius 1 is 1.60 bits per heavy atom. The number of H-pyrrole nitrogens is 1. The Balaban J connectivity index is 0.000000322. The molecule has 0 saturated heterocycles. The van der Waals surface area contributed by atoms with Crippen LogP contribution >= 0.6 is 0 Å². The first-order valence-corrected chi connectivity index (χ1v) is 4.93. The summed E-state index contributed by atoms with van der Waals surface area (Å²) < 4.78 is 4.81. The Labute approximate surface area is 90.4 Å². The van der Waals surface area contributed by atoms with E-state index in [2.05, 4.69) is 23.5 Å². The van der Waals surface area contributed by atoms with Gasteiger partial charge in [-0.25, -0.2) is 9.78 Å². The lowest BCUT2D eigenvalue weighted by molar-refractivity contribution is -0.139. The molecule has 0 spiro atoms. The van der Waals surface area contributed by atoms with Gasteiger partial charge in [-0.3, -0.25) is 0 Å². The summed E-state index contributed by atoms with van der Waals surface area (Å²) in [5.41, 5.74) is 0.469. The van der Waals surface area contributed by atoms with E-state index in [1.54, 1.807) is 25.6 Å². The molecule has 0 aliphatic carbocycles. The number of aromatic nitrogens is 2. The van der Waals surface area contributed by atoms with Gasteiger partial charge in [0.15, 0.2) is 0 Å². The minimum Gasteiger partial charge on any atom is -0.462 e. The third-order valence-electron chi connectivity index (χ3n) is 1.49. The third kappa shape index (κ3) is 8.74. The van der Waals surface area contributed by atoms with Gasteiger partial charge in [0.2, 0.25) is 0 Å². The summed E-state index contributed by atoms with van der Waals surface area (Å²) in [5.74, 6) is -0.284. The second-order valence-corrected chi connectivity index (χ2v) is 3.03. The summed E-state index contributed by atoms with van der Waals surface area (Å²) in [5, 5.41) is 0. The van der Waals surface area contributed by atoms with E-state index >= 15 is 0 Å². The molecule has 15 heavy (non-hydrogen) atoms. The zero-order valence-corrected chi connectivity index (χ0v) is 9.32. The van der Waals surface area contributed by atoms with Gasteiger partial charge in [0.1, 0.15) is 0 Å². The highest BCUT2D eigenvalue weighted by Gasteiger charge is 2.00. The van der Waals surface area contributed by atoms with Crippen LogP contribution in [0.3, 0.4) is 0 Å². The summed E-state index contributed by atoms with van der Waals surface area (Å²) in [6.45, 7) is 7.67. The molecule has 1 N–H and O–H groups in total. The number of aromatic amines is 1. The van der Waals surface area contributed by atoms with E-state index in [1.165, 1.54) is 0 Å². The lowest BCUT2D eigenvalue weighted by atomic mass is 10.3. The summed E-state index contributed by atoms with van der Waals surface area (Å²) >= 11 is 0. The Hall–Kier alpha value is -1.58. The lowest BCUT2D eigenvalue weighted by Gasteiger charge is -2.01. The van der Waals surface area contributed by atoms with E-state index in [9.17, 15) is 4.79 Å². The van der Waals surface area contributed by atoms with Crippen molar-refractivity contribution in [3.05, 3.63) is 30.9 Å². The van der Waals surface area contributed by atoms with Crippen molar-refractivity contribution >= 4 is 5.97 Å².